The second-order valence-electron chi connectivity index (χ2n) is 2.09. The summed E-state index contributed by atoms with van der Waals surface area (Å²) >= 11 is 5.34. The number of nitrogens with one attached hydrogen (secondary N) is 1. The average Bonchev–Trinajstić information content (AvgIpc) is 1.94. The van der Waals surface area contributed by atoms with Crippen molar-refractivity contribution in [1.82, 2.24) is 5.32 Å². The van der Waals surface area contributed by atoms with Gasteiger partial charge in [-0.2, -0.15) is 0 Å². The second-order valence-corrected chi connectivity index (χ2v) is 2.46. The van der Waals surface area contributed by atoms with Gasteiger partial charge in [-0.05, 0) is 13.0 Å². The normalized spacial score (nSPS) is 12.0. The van der Waals surface area contributed by atoms with Crippen molar-refractivity contribution in [3.05, 3.63) is 0 Å². The molecule has 0 radical (unpaired) electrons. The van der Waals surface area contributed by atoms with E-state index in [1.807, 2.05) is 0 Å². The van der Waals surface area contributed by atoms with E-state index in [2.05, 4.69) is 10.1 Å². The monoisotopic (exact) mass is 205 g/mol. The highest BCUT2D eigenvalue weighted by molar-refractivity contribution is 6.17. The molecule has 0 rings (SSSR count). The molecular formula is C6H11ClF3NO. The molecule has 12 heavy (non-hydrogen) atoms. The molecule has 0 aliphatic carbocycles. The molecule has 0 aromatic heterocycles. The first-order valence-corrected chi connectivity index (χ1v) is 4.07. The minimum atomic E-state index is -4.52. The maximum absolute atomic E-state index is 11.4. The fourth-order valence-corrected chi connectivity index (χ4v) is 0.689. The minimum absolute atomic E-state index is 0.191. The largest absolute Gasteiger partial charge is 0.522 e. The van der Waals surface area contributed by atoms with Gasteiger partial charge in [-0.25, -0.2) is 0 Å². The molecule has 0 aliphatic rings. The maximum Gasteiger partial charge on any atom is 0.522 e. The highest BCUT2D eigenvalue weighted by Crippen LogP contribution is 2.14. The summed E-state index contributed by atoms with van der Waals surface area (Å²) in [5, 5.41) is 2.75. The van der Waals surface area contributed by atoms with Gasteiger partial charge in [-0.15, -0.1) is 24.8 Å². The molecule has 6 heteroatoms. The van der Waals surface area contributed by atoms with Crippen LogP contribution in [0.4, 0.5) is 13.2 Å². The van der Waals surface area contributed by atoms with Crippen molar-refractivity contribution in [3.63, 3.8) is 0 Å². The Kier molecular flexibility index (Phi) is 6.51. The highest BCUT2D eigenvalue weighted by atomic mass is 35.5. The van der Waals surface area contributed by atoms with Crippen LogP contribution in [0, 0.1) is 0 Å². The number of hydrogen-bond acceptors (Lipinski definition) is 2. The van der Waals surface area contributed by atoms with Crippen LogP contribution in [0.15, 0.2) is 0 Å². The van der Waals surface area contributed by atoms with E-state index in [1.165, 1.54) is 0 Å². The lowest BCUT2D eigenvalue weighted by molar-refractivity contribution is -0.323. The van der Waals surface area contributed by atoms with Crippen LogP contribution in [-0.4, -0.2) is 31.9 Å². The number of rotatable bonds is 6. The quantitative estimate of drug-likeness (QED) is 0.527. The molecule has 0 saturated carbocycles. The zero-order valence-corrected chi connectivity index (χ0v) is 7.21. The SMILES string of the molecule is FC(F)(F)OCCNCCCCl. The summed E-state index contributed by atoms with van der Waals surface area (Å²) in [7, 11) is 0. The number of alkyl halides is 4. The summed E-state index contributed by atoms with van der Waals surface area (Å²) in [6, 6.07) is 0. The molecule has 0 heterocycles. The van der Waals surface area contributed by atoms with Crippen LogP contribution in [0.2, 0.25) is 0 Å². The molecule has 0 atom stereocenters. The van der Waals surface area contributed by atoms with E-state index in [0.717, 1.165) is 6.42 Å². The summed E-state index contributed by atoms with van der Waals surface area (Å²) in [4.78, 5) is 0. The lowest BCUT2D eigenvalue weighted by Crippen LogP contribution is -2.25. The number of hydrogen-bond donors (Lipinski definition) is 1. The Morgan fingerprint density at radius 1 is 1.25 bits per heavy atom. The predicted octanol–water partition coefficient (Wildman–Crippen LogP) is 1.74. The van der Waals surface area contributed by atoms with Crippen LogP contribution in [0.3, 0.4) is 0 Å². The van der Waals surface area contributed by atoms with Gasteiger partial charge in [-0.1, -0.05) is 0 Å². The smallest absolute Gasteiger partial charge is 0.314 e. The van der Waals surface area contributed by atoms with Gasteiger partial charge in [-0.3, -0.25) is 4.74 Å². The summed E-state index contributed by atoms with van der Waals surface area (Å²) in [6.07, 6.45) is -3.78. The van der Waals surface area contributed by atoms with Crippen molar-refractivity contribution in [2.75, 3.05) is 25.6 Å². The first-order chi connectivity index (χ1) is 5.56. The van der Waals surface area contributed by atoms with Gasteiger partial charge in [0.05, 0.1) is 6.61 Å². The van der Waals surface area contributed by atoms with Crippen LogP contribution in [0.25, 0.3) is 0 Å². The molecular weight excluding hydrogens is 195 g/mol. The second kappa shape index (κ2) is 6.51. The Morgan fingerprint density at radius 2 is 1.92 bits per heavy atom. The molecule has 74 valence electrons. The minimum Gasteiger partial charge on any atom is -0.314 e. The Morgan fingerprint density at radius 3 is 2.42 bits per heavy atom. The van der Waals surface area contributed by atoms with Crippen molar-refractivity contribution < 1.29 is 17.9 Å². The lowest BCUT2D eigenvalue weighted by atomic mass is 10.5. The number of ether oxygens (including phenoxy) is 1. The van der Waals surface area contributed by atoms with E-state index in [0.29, 0.717) is 12.4 Å². The van der Waals surface area contributed by atoms with Crippen molar-refractivity contribution >= 4 is 11.6 Å². The fourth-order valence-electron chi connectivity index (χ4n) is 0.556. The van der Waals surface area contributed by atoms with Crippen molar-refractivity contribution in [3.8, 4) is 0 Å². The molecule has 0 aromatic carbocycles. The molecule has 2 nitrogen and oxygen atoms in total. The van der Waals surface area contributed by atoms with Crippen LogP contribution in [-0.2, 0) is 4.74 Å². The van der Waals surface area contributed by atoms with Crippen LogP contribution in [0.1, 0.15) is 6.42 Å². The highest BCUT2D eigenvalue weighted by Gasteiger charge is 2.28. The van der Waals surface area contributed by atoms with Gasteiger partial charge in [0, 0.05) is 12.4 Å². The Hall–Kier alpha value is 0. The molecule has 0 amide bonds. The average molecular weight is 206 g/mol. The molecule has 0 aliphatic heterocycles. The zero-order chi connectivity index (χ0) is 9.45. The molecule has 0 spiro atoms. The number of halogens is 4. The summed E-state index contributed by atoms with van der Waals surface area (Å²) < 4.78 is 37.6. The Bertz CT molecular complexity index is 109. The standard InChI is InChI=1S/C6H11ClF3NO/c7-2-1-3-11-4-5-12-6(8,9)10/h11H,1-5H2. The molecule has 0 unspecified atom stereocenters. The topological polar surface area (TPSA) is 21.3 Å². The van der Waals surface area contributed by atoms with Crippen molar-refractivity contribution in [2.45, 2.75) is 12.8 Å². The van der Waals surface area contributed by atoms with E-state index >= 15 is 0 Å². The van der Waals surface area contributed by atoms with E-state index in [-0.39, 0.29) is 13.2 Å². The Labute approximate surface area is 74.0 Å². The molecule has 1 N–H and O–H groups in total. The van der Waals surface area contributed by atoms with Crippen LogP contribution < -0.4 is 5.32 Å². The maximum atomic E-state index is 11.4. The van der Waals surface area contributed by atoms with Crippen LogP contribution in [0.5, 0.6) is 0 Å². The van der Waals surface area contributed by atoms with E-state index in [1.54, 1.807) is 0 Å². The van der Waals surface area contributed by atoms with Gasteiger partial charge in [0.1, 0.15) is 0 Å². The fraction of sp³-hybridized carbons (Fsp3) is 1.00. The van der Waals surface area contributed by atoms with Crippen molar-refractivity contribution in [1.29, 1.82) is 0 Å². The van der Waals surface area contributed by atoms with E-state index < -0.39 is 6.36 Å². The lowest BCUT2D eigenvalue weighted by Gasteiger charge is -2.07. The third kappa shape index (κ3) is 10.0. The van der Waals surface area contributed by atoms with Gasteiger partial charge in [0.15, 0.2) is 0 Å². The van der Waals surface area contributed by atoms with Gasteiger partial charge in [0.2, 0.25) is 0 Å². The third-order valence-electron chi connectivity index (χ3n) is 1.03. The van der Waals surface area contributed by atoms with E-state index in [9.17, 15) is 13.2 Å². The molecule has 0 saturated heterocycles. The molecule has 0 aromatic rings. The van der Waals surface area contributed by atoms with E-state index in [4.69, 9.17) is 11.6 Å². The summed E-state index contributed by atoms with van der Waals surface area (Å²) in [5.41, 5.74) is 0. The molecule has 0 fully saturated rings. The van der Waals surface area contributed by atoms with Gasteiger partial charge < -0.3 is 5.32 Å². The Balaban J connectivity index is 3.01. The molecule has 0 bridgehead atoms. The summed E-state index contributed by atoms with van der Waals surface area (Å²) in [6.45, 7) is 0.451. The third-order valence-corrected chi connectivity index (χ3v) is 1.30. The predicted molar refractivity (Wildman–Crippen MR) is 40.2 cm³/mol. The zero-order valence-electron chi connectivity index (χ0n) is 6.46. The summed E-state index contributed by atoms with van der Waals surface area (Å²) in [5.74, 6) is 0.507. The first kappa shape index (κ1) is 12.0. The van der Waals surface area contributed by atoms with Gasteiger partial charge >= 0.3 is 6.36 Å². The van der Waals surface area contributed by atoms with Crippen molar-refractivity contribution in [2.24, 2.45) is 0 Å². The first-order valence-electron chi connectivity index (χ1n) is 3.53. The van der Waals surface area contributed by atoms with Crippen LogP contribution >= 0.6 is 11.6 Å². The van der Waals surface area contributed by atoms with Gasteiger partial charge in [0.25, 0.3) is 0 Å².